The van der Waals surface area contributed by atoms with E-state index in [0.29, 0.717) is 18.6 Å². The van der Waals surface area contributed by atoms with Crippen LogP contribution in [0.1, 0.15) is 23.1 Å². The minimum Gasteiger partial charge on any atom is -0.380 e. The number of methoxy groups -OCH3 is 1. The van der Waals surface area contributed by atoms with Crippen molar-refractivity contribution in [2.45, 2.75) is 26.0 Å². The van der Waals surface area contributed by atoms with Gasteiger partial charge in [-0.05, 0) is 31.0 Å². The fraction of sp³-hybridized carbons (Fsp3) is 0.600. The highest BCUT2D eigenvalue weighted by Crippen LogP contribution is 2.23. The quantitative estimate of drug-likeness (QED) is 0.859. The largest absolute Gasteiger partial charge is 0.380 e. The second-order valence-electron chi connectivity index (χ2n) is 5.05. The summed E-state index contributed by atoms with van der Waals surface area (Å²) >= 11 is 1.76. The van der Waals surface area contributed by atoms with Crippen LogP contribution < -0.4 is 5.73 Å². The van der Waals surface area contributed by atoms with E-state index in [0.717, 1.165) is 24.5 Å². The Labute approximate surface area is 119 Å². The summed E-state index contributed by atoms with van der Waals surface area (Å²) in [6.07, 6.45) is 1.58. The average molecular weight is 278 g/mol. The zero-order valence-electron chi connectivity index (χ0n) is 11.7. The molecule has 104 valence electrons. The van der Waals surface area contributed by atoms with Crippen LogP contribution in [0.3, 0.4) is 0 Å². The number of rotatable bonds is 3. The Bertz CT molecular complexity index is 460. The molecule has 0 aromatic carbocycles. The highest BCUT2D eigenvalue weighted by Gasteiger charge is 2.25. The molecule has 0 amide bonds. The first-order valence-electron chi connectivity index (χ1n) is 6.75. The van der Waals surface area contributed by atoms with Crippen molar-refractivity contribution in [3.63, 3.8) is 0 Å². The lowest BCUT2D eigenvalue weighted by atomic mass is 9.96. The number of piperidine rings is 1. The Balaban J connectivity index is 1.92. The third-order valence-electron chi connectivity index (χ3n) is 3.63. The van der Waals surface area contributed by atoms with Gasteiger partial charge in [0.15, 0.2) is 0 Å². The van der Waals surface area contributed by atoms with Crippen molar-refractivity contribution in [2.75, 3.05) is 26.7 Å². The minimum atomic E-state index is 0.366. The highest BCUT2D eigenvalue weighted by molar-refractivity contribution is 7.12. The molecule has 1 aromatic rings. The molecule has 2 atom stereocenters. The number of thiophene rings is 1. The molecule has 4 heteroatoms. The van der Waals surface area contributed by atoms with Crippen LogP contribution in [0.5, 0.6) is 0 Å². The summed E-state index contributed by atoms with van der Waals surface area (Å²) in [6.45, 7) is 5.88. The normalized spacial score (nSPS) is 23.9. The van der Waals surface area contributed by atoms with Crippen molar-refractivity contribution in [2.24, 2.45) is 11.7 Å². The zero-order valence-corrected chi connectivity index (χ0v) is 12.5. The topological polar surface area (TPSA) is 38.5 Å². The molecule has 2 heterocycles. The Morgan fingerprint density at radius 1 is 1.53 bits per heavy atom. The number of nitrogens with two attached hydrogens (primary N) is 1. The van der Waals surface area contributed by atoms with E-state index < -0.39 is 0 Å². The van der Waals surface area contributed by atoms with Crippen molar-refractivity contribution >= 4 is 11.3 Å². The number of ether oxygens (including phenoxy) is 1. The van der Waals surface area contributed by atoms with Gasteiger partial charge in [0.2, 0.25) is 0 Å². The third-order valence-corrected chi connectivity index (χ3v) is 4.62. The van der Waals surface area contributed by atoms with Gasteiger partial charge in [-0.15, -0.1) is 11.3 Å². The fourth-order valence-corrected chi connectivity index (χ4v) is 3.36. The fourth-order valence-electron chi connectivity index (χ4n) is 2.44. The smallest absolute Gasteiger partial charge is 0.0772 e. The first-order valence-corrected chi connectivity index (χ1v) is 7.57. The van der Waals surface area contributed by atoms with Gasteiger partial charge in [-0.25, -0.2) is 0 Å². The van der Waals surface area contributed by atoms with Crippen LogP contribution in [0.2, 0.25) is 0 Å². The minimum absolute atomic E-state index is 0.366. The molecular formula is C15H22N2OS. The van der Waals surface area contributed by atoms with Crippen molar-refractivity contribution in [3.8, 4) is 11.8 Å². The van der Waals surface area contributed by atoms with Crippen LogP contribution in [0.25, 0.3) is 0 Å². The van der Waals surface area contributed by atoms with E-state index in [2.05, 4.69) is 35.8 Å². The van der Waals surface area contributed by atoms with Crippen LogP contribution in [0, 0.1) is 17.8 Å². The van der Waals surface area contributed by atoms with Gasteiger partial charge in [-0.1, -0.05) is 18.8 Å². The second kappa shape index (κ2) is 7.06. The lowest BCUT2D eigenvalue weighted by Gasteiger charge is -2.35. The van der Waals surface area contributed by atoms with Crippen LogP contribution >= 0.6 is 11.3 Å². The molecule has 0 spiro atoms. The zero-order chi connectivity index (χ0) is 13.7. The van der Waals surface area contributed by atoms with Crippen molar-refractivity contribution in [3.05, 3.63) is 21.9 Å². The number of likely N-dealkylation sites (tertiary alicyclic amines) is 1. The maximum absolute atomic E-state index is 5.56. The monoisotopic (exact) mass is 278 g/mol. The van der Waals surface area contributed by atoms with Crippen LogP contribution in [-0.2, 0) is 11.3 Å². The summed E-state index contributed by atoms with van der Waals surface area (Å²) in [5.41, 5.74) is 5.39. The molecule has 3 nitrogen and oxygen atoms in total. The predicted molar refractivity (Wildman–Crippen MR) is 80.1 cm³/mol. The molecule has 2 unspecified atom stereocenters. The predicted octanol–water partition coefficient (Wildman–Crippen LogP) is 1.92. The van der Waals surface area contributed by atoms with E-state index in [4.69, 9.17) is 10.5 Å². The number of hydrogen-bond donors (Lipinski definition) is 1. The van der Waals surface area contributed by atoms with E-state index >= 15 is 0 Å². The Kier molecular flexibility index (Phi) is 5.41. The van der Waals surface area contributed by atoms with Crippen molar-refractivity contribution < 1.29 is 4.74 Å². The highest BCUT2D eigenvalue weighted by atomic mass is 32.1. The van der Waals surface area contributed by atoms with Gasteiger partial charge in [0.1, 0.15) is 0 Å². The van der Waals surface area contributed by atoms with E-state index in [-0.39, 0.29) is 0 Å². The lowest BCUT2D eigenvalue weighted by molar-refractivity contribution is -0.00716. The summed E-state index contributed by atoms with van der Waals surface area (Å²) in [4.78, 5) is 4.94. The van der Waals surface area contributed by atoms with Crippen LogP contribution in [0.4, 0.5) is 0 Å². The second-order valence-corrected chi connectivity index (χ2v) is 6.22. The third kappa shape index (κ3) is 4.05. The lowest BCUT2D eigenvalue weighted by Crippen LogP contribution is -2.43. The SMILES string of the molecule is COC1CN(Cc2ccc(C#CCN)s2)CCC1C. The molecule has 19 heavy (non-hydrogen) atoms. The van der Waals surface area contributed by atoms with E-state index in [9.17, 15) is 0 Å². The Morgan fingerprint density at radius 2 is 2.37 bits per heavy atom. The van der Waals surface area contributed by atoms with Gasteiger partial charge in [-0.3, -0.25) is 4.90 Å². The molecule has 1 aliphatic heterocycles. The molecule has 0 saturated carbocycles. The number of nitrogens with zero attached hydrogens (tertiary/aromatic N) is 1. The van der Waals surface area contributed by atoms with Crippen molar-refractivity contribution in [1.82, 2.24) is 4.90 Å². The Morgan fingerprint density at radius 3 is 3.11 bits per heavy atom. The van der Waals surface area contributed by atoms with E-state index in [1.807, 2.05) is 7.11 Å². The number of hydrogen-bond acceptors (Lipinski definition) is 4. The molecule has 1 aromatic heterocycles. The van der Waals surface area contributed by atoms with E-state index in [1.54, 1.807) is 11.3 Å². The van der Waals surface area contributed by atoms with Gasteiger partial charge >= 0.3 is 0 Å². The molecule has 0 aliphatic carbocycles. The van der Waals surface area contributed by atoms with Gasteiger partial charge in [-0.2, -0.15) is 0 Å². The van der Waals surface area contributed by atoms with Gasteiger partial charge < -0.3 is 10.5 Å². The van der Waals surface area contributed by atoms with Gasteiger partial charge in [0.05, 0.1) is 17.5 Å². The molecule has 2 N–H and O–H groups in total. The molecule has 1 aliphatic rings. The summed E-state index contributed by atoms with van der Waals surface area (Å²) in [7, 11) is 1.82. The molecular weight excluding hydrogens is 256 g/mol. The molecule has 1 fully saturated rings. The summed E-state index contributed by atoms with van der Waals surface area (Å²) in [5.74, 6) is 6.65. The molecule has 0 radical (unpaired) electrons. The molecule has 0 bridgehead atoms. The maximum Gasteiger partial charge on any atom is 0.0772 e. The van der Waals surface area contributed by atoms with Gasteiger partial charge in [0.25, 0.3) is 0 Å². The molecule has 1 saturated heterocycles. The van der Waals surface area contributed by atoms with Crippen molar-refractivity contribution in [1.29, 1.82) is 0 Å². The standard InChI is InChI=1S/C15H22N2OS/c1-12-7-9-17(11-15(12)18-2)10-14-6-5-13(19-14)4-3-8-16/h5-6,12,15H,7-11,16H2,1-2H3. The molecule has 2 rings (SSSR count). The first kappa shape index (κ1) is 14.5. The van der Waals surface area contributed by atoms with Crippen LogP contribution in [0.15, 0.2) is 12.1 Å². The average Bonchev–Trinajstić information content (AvgIpc) is 2.86. The van der Waals surface area contributed by atoms with Crippen LogP contribution in [-0.4, -0.2) is 37.7 Å². The summed E-state index contributed by atoms with van der Waals surface area (Å²) in [5, 5.41) is 0. The Hall–Kier alpha value is -0.860. The first-order chi connectivity index (χ1) is 9.22. The summed E-state index contributed by atoms with van der Waals surface area (Å²) in [6, 6.07) is 4.26. The summed E-state index contributed by atoms with van der Waals surface area (Å²) < 4.78 is 5.56. The van der Waals surface area contributed by atoms with E-state index in [1.165, 1.54) is 11.3 Å². The maximum atomic E-state index is 5.56. The van der Waals surface area contributed by atoms with Gasteiger partial charge in [0, 0.05) is 25.1 Å².